The van der Waals surface area contributed by atoms with Crippen LogP contribution in [0.4, 0.5) is 5.69 Å². The van der Waals surface area contributed by atoms with Gasteiger partial charge in [-0.05, 0) is 36.8 Å². The van der Waals surface area contributed by atoms with Crippen LogP contribution in [0.5, 0.6) is 5.75 Å². The number of nitrogens with zero attached hydrogens (tertiary/aromatic N) is 1. The second kappa shape index (κ2) is 12.3. The molecule has 0 unspecified atom stereocenters. The van der Waals surface area contributed by atoms with E-state index in [0.717, 1.165) is 21.8 Å². The molecule has 0 bridgehead atoms. The number of methoxy groups -OCH3 is 1. The third-order valence-electron chi connectivity index (χ3n) is 4.62. The monoisotopic (exact) mass is 479 g/mol. The van der Waals surface area contributed by atoms with Gasteiger partial charge in [0.1, 0.15) is 18.9 Å². The SMILES string of the molecule is COC(=O)CNC(=O)Cc1ccc(NC(=O)C=Cc2ccccc2OCc2csc(C)n2)cc1. The Morgan fingerprint density at radius 2 is 1.85 bits per heavy atom. The fraction of sp³-hybridized carbons (Fsp3) is 0.200. The van der Waals surface area contributed by atoms with Crippen LogP contribution in [0.25, 0.3) is 6.08 Å². The molecule has 2 N–H and O–H groups in total. The summed E-state index contributed by atoms with van der Waals surface area (Å²) in [4.78, 5) is 39.7. The summed E-state index contributed by atoms with van der Waals surface area (Å²) in [6, 6.07) is 14.3. The van der Waals surface area contributed by atoms with Gasteiger partial charge in [-0.2, -0.15) is 0 Å². The first kappa shape index (κ1) is 24.7. The van der Waals surface area contributed by atoms with Crippen LogP contribution in [0.3, 0.4) is 0 Å². The fourth-order valence-electron chi connectivity index (χ4n) is 2.92. The summed E-state index contributed by atoms with van der Waals surface area (Å²) in [6.45, 7) is 2.13. The highest BCUT2D eigenvalue weighted by Gasteiger charge is 2.07. The number of carbonyl (C=O) groups is 3. The zero-order valence-electron chi connectivity index (χ0n) is 18.9. The maximum Gasteiger partial charge on any atom is 0.325 e. The lowest BCUT2D eigenvalue weighted by Crippen LogP contribution is -2.31. The second-order valence-electron chi connectivity index (χ2n) is 7.23. The first-order valence-corrected chi connectivity index (χ1v) is 11.4. The number of amides is 2. The fourth-order valence-corrected chi connectivity index (χ4v) is 3.52. The third kappa shape index (κ3) is 7.86. The minimum atomic E-state index is -0.511. The number of ether oxygens (including phenoxy) is 2. The first-order chi connectivity index (χ1) is 16.4. The van der Waals surface area contributed by atoms with E-state index in [1.807, 2.05) is 36.6 Å². The number of thiazole rings is 1. The molecule has 3 rings (SSSR count). The molecule has 0 fully saturated rings. The molecular weight excluding hydrogens is 454 g/mol. The predicted molar refractivity (Wildman–Crippen MR) is 130 cm³/mol. The summed E-state index contributed by atoms with van der Waals surface area (Å²) in [6.07, 6.45) is 3.24. The van der Waals surface area contributed by atoms with E-state index in [4.69, 9.17) is 4.74 Å². The number of aryl methyl sites for hydroxylation is 1. The third-order valence-corrected chi connectivity index (χ3v) is 5.44. The Kier molecular flexibility index (Phi) is 8.93. The summed E-state index contributed by atoms with van der Waals surface area (Å²) in [5.41, 5.74) is 2.98. The molecule has 0 atom stereocenters. The van der Waals surface area contributed by atoms with Crippen LogP contribution in [0, 0.1) is 6.92 Å². The van der Waals surface area contributed by atoms with Crippen molar-refractivity contribution in [3.05, 3.63) is 81.8 Å². The number of benzene rings is 2. The average Bonchev–Trinajstić information content (AvgIpc) is 3.26. The molecule has 1 heterocycles. The van der Waals surface area contributed by atoms with Gasteiger partial charge in [0.15, 0.2) is 0 Å². The lowest BCUT2D eigenvalue weighted by atomic mass is 10.1. The molecule has 1 aromatic heterocycles. The van der Waals surface area contributed by atoms with Gasteiger partial charge in [-0.25, -0.2) is 4.98 Å². The Labute approximate surface area is 201 Å². The quantitative estimate of drug-likeness (QED) is 0.340. The number of aromatic nitrogens is 1. The number of anilines is 1. The first-order valence-electron chi connectivity index (χ1n) is 10.5. The van der Waals surface area contributed by atoms with Crippen LogP contribution in [0.1, 0.15) is 21.8 Å². The van der Waals surface area contributed by atoms with Gasteiger partial charge in [-0.15, -0.1) is 11.3 Å². The zero-order chi connectivity index (χ0) is 24.3. The van der Waals surface area contributed by atoms with Crippen LogP contribution in [-0.4, -0.2) is 36.4 Å². The van der Waals surface area contributed by atoms with E-state index in [9.17, 15) is 14.4 Å². The van der Waals surface area contributed by atoms with Crippen molar-refractivity contribution in [3.63, 3.8) is 0 Å². The van der Waals surface area contributed by atoms with Crippen molar-refractivity contribution in [1.82, 2.24) is 10.3 Å². The van der Waals surface area contributed by atoms with Gasteiger partial charge in [0, 0.05) is 22.7 Å². The van der Waals surface area contributed by atoms with Crippen LogP contribution in [0.15, 0.2) is 60.0 Å². The zero-order valence-corrected chi connectivity index (χ0v) is 19.7. The van der Waals surface area contributed by atoms with Crippen LogP contribution < -0.4 is 15.4 Å². The maximum atomic E-state index is 12.4. The van der Waals surface area contributed by atoms with Gasteiger partial charge in [-0.1, -0.05) is 30.3 Å². The molecule has 0 aliphatic carbocycles. The molecule has 176 valence electrons. The standard InChI is InChI=1S/C25H25N3O5S/c1-17-27-21(16-34-17)15-33-22-6-4-3-5-19(22)9-12-23(29)28-20-10-7-18(8-11-20)13-24(30)26-14-25(31)32-2/h3-12,16H,13-15H2,1-2H3,(H,26,30)(H,28,29). The van der Waals surface area contributed by atoms with E-state index in [1.165, 1.54) is 13.2 Å². The Hall–Kier alpha value is -3.98. The molecule has 0 saturated heterocycles. The predicted octanol–water partition coefficient (Wildman–Crippen LogP) is 3.51. The Balaban J connectivity index is 1.52. The van der Waals surface area contributed by atoms with Crippen molar-refractivity contribution >= 4 is 40.9 Å². The van der Waals surface area contributed by atoms with Gasteiger partial charge in [0.2, 0.25) is 11.8 Å². The van der Waals surface area contributed by atoms with E-state index < -0.39 is 5.97 Å². The average molecular weight is 480 g/mol. The highest BCUT2D eigenvalue weighted by molar-refractivity contribution is 7.09. The normalized spacial score (nSPS) is 10.6. The number of rotatable bonds is 10. The van der Waals surface area contributed by atoms with E-state index >= 15 is 0 Å². The summed E-state index contributed by atoms with van der Waals surface area (Å²) in [5.74, 6) is -0.445. The summed E-state index contributed by atoms with van der Waals surface area (Å²) >= 11 is 1.57. The van der Waals surface area contributed by atoms with Crippen molar-refractivity contribution < 1.29 is 23.9 Å². The largest absolute Gasteiger partial charge is 0.487 e. The van der Waals surface area contributed by atoms with Gasteiger partial charge in [-0.3, -0.25) is 14.4 Å². The van der Waals surface area contributed by atoms with Crippen molar-refractivity contribution in [2.24, 2.45) is 0 Å². The van der Waals surface area contributed by atoms with Crippen molar-refractivity contribution in [2.75, 3.05) is 19.0 Å². The molecule has 2 aromatic carbocycles. The molecular formula is C25H25N3O5S. The van der Waals surface area contributed by atoms with Crippen LogP contribution in [-0.2, 0) is 32.1 Å². The topological polar surface area (TPSA) is 107 Å². The number of hydrogen-bond donors (Lipinski definition) is 2. The molecule has 0 aliphatic rings. The van der Waals surface area contributed by atoms with E-state index in [1.54, 1.807) is 41.7 Å². The van der Waals surface area contributed by atoms with Crippen LogP contribution >= 0.6 is 11.3 Å². The molecule has 9 heteroatoms. The van der Waals surface area contributed by atoms with Gasteiger partial charge in [0.25, 0.3) is 0 Å². The minimum absolute atomic E-state index is 0.113. The maximum absolute atomic E-state index is 12.4. The van der Waals surface area contributed by atoms with E-state index in [2.05, 4.69) is 20.4 Å². The lowest BCUT2D eigenvalue weighted by Gasteiger charge is -2.08. The van der Waals surface area contributed by atoms with Crippen molar-refractivity contribution in [1.29, 1.82) is 0 Å². The van der Waals surface area contributed by atoms with Crippen molar-refractivity contribution in [3.8, 4) is 5.75 Å². The summed E-state index contributed by atoms with van der Waals surface area (Å²) in [5, 5.41) is 8.21. The molecule has 0 saturated carbocycles. The summed E-state index contributed by atoms with van der Waals surface area (Å²) in [7, 11) is 1.26. The number of hydrogen-bond acceptors (Lipinski definition) is 7. The highest BCUT2D eigenvalue weighted by atomic mass is 32.1. The Bertz CT molecular complexity index is 1170. The van der Waals surface area contributed by atoms with Gasteiger partial charge in [0.05, 0.1) is 24.2 Å². The molecule has 0 spiro atoms. The number of nitrogens with one attached hydrogen (secondary N) is 2. The molecule has 0 aliphatic heterocycles. The summed E-state index contributed by atoms with van der Waals surface area (Å²) < 4.78 is 10.4. The smallest absolute Gasteiger partial charge is 0.325 e. The molecule has 3 aromatic rings. The Morgan fingerprint density at radius 3 is 2.56 bits per heavy atom. The molecule has 34 heavy (non-hydrogen) atoms. The number of para-hydroxylation sites is 1. The highest BCUT2D eigenvalue weighted by Crippen LogP contribution is 2.21. The van der Waals surface area contributed by atoms with E-state index in [0.29, 0.717) is 18.0 Å². The molecule has 8 nitrogen and oxygen atoms in total. The second-order valence-corrected chi connectivity index (χ2v) is 8.30. The number of carbonyl (C=O) groups excluding carboxylic acids is 3. The lowest BCUT2D eigenvalue weighted by molar-refractivity contribution is -0.141. The Morgan fingerprint density at radius 1 is 1.09 bits per heavy atom. The minimum Gasteiger partial charge on any atom is -0.487 e. The van der Waals surface area contributed by atoms with Crippen LogP contribution in [0.2, 0.25) is 0 Å². The van der Waals surface area contributed by atoms with Gasteiger partial charge < -0.3 is 20.1 Å². The van der Waals surface area contributed by atoms with E-state index in [-0.39, 0.29) is 24.8 Å². The van der Waals surface area contributed by atoms with Crippen molar-refractivity contribution in [2.45, 2.75) is 20.0 Å². The number of esters is 1. The van der Waals surface area contributed by atoms with Gasteiger partial charge >= 0.3 is 5.97 Å². The molecule has 2 amide bonds. The molecule has 0 radical (unpaired) electrons.